The number of benzene rings is 1. The quantitative estimate of drug-likeness (QED) is 0.882. The van der Waals surface area contributed by atoms with Gasteiger partial charge < -0.3 is 10.6 Å². The first-order valence-electron chi connectivity index (χ1n) is 7.32. The molecule has 0 aliphatic carbocycles. The summed E-state index contributed by atoms with van der Waals surface area (Å²) < 4.78 is 0. The molecule has 0 radical (unpaired) electrons. The third-order valence-electron chi connectivity index (χ3n) is 4.29. The fourth-order valence-electron chi connectivity index (χ4n) is 3.06. The largest absolute Gasteiger partial charge is 0.384 e. The average molecular weight is 270 g/mol. The molecule has 1 aromatic carbocycles. The molecule has 0 amide bonds. The van der Waals surface area contributed by atoms with Crippen LogP contribution in [0.15, 0.2) is 30.5 Å². The van der Waals surface area contributed by atoms with Crippen LogP contribution >= 0.6 is 0 Å². The number of nitrogens with one attached hydrogen (secondary N) is 1. The SMILES string of the molecule is CN1CCCC(c2cccc(-c3cn[nH]c3N)c2)CC1. The van der Waals surface area contributed by atoms with Crippen molar-refractivity contribution in [3.05, 3.63) is 36.0 Å². The molecule has 0 bridgehead atoms. The summed E-state index contributed by atoms with van der Waals surface area (Å²) in [5.74, 6) is 1.30. The number of nitrogens with two attached hydrogens (primary N) is 1. The Morgan fingerprint density at radius 1 is 1.30 bits per heavy atom. The lowest BCUT2D eigenvalue weighted by Gasteiger charge is -2.16. The number of nitrogens with zero attached hydrogens (tertiary/aromatic N) is 2. The molecule has 1 aliphatic heterocycles. The number of aromatic amines is 1. The molecule has 4 nitrogen and oxygen atoms in total. The van der Waals surface area contributed by atoms with Crippen LogP contribution < -0.4 is 5.73 Å². The van der Waals surface area contributed by atoms with E-state index in [1.807, 2.05) is 0 Å². The van der Waals surface area contributed by atoms with E-state index >= 15 is 0 Å². The van der Waals surface area contributed by atoms with Crippen LogP contribution in [0.25, 0.3) is 11.1 Å². The van der Waals surface area contributed by atoms with Crippen molar-refractivity contribution < 1.29 is 0 Å². The third-order valence-corrected chi connectivity index (χ3v) is 4.29. The molecular weight excluding hydrogens is 248 g/mol. The van der Waals surface area contributed by atoms with Gasteiger partial charge in [-0.15, -0.1) is 0 Å². The van der Waals surface area contributed by atoms with Crippen LogP contribution in [0.2, 0.25) is 0 Å². The van der Waals surface area contributed by atoms with Crippen LogP contribution in [0.5, 0.6) is 0 Å². The van der Waals surface area contributed by atoms with E-state index in [0.717, 1.165) is 11.1 Å². The summed E-state index contributed by atoms with van der Waals surface area (Å²) in [5.41, 5.74) is 9.51. The van der Waals surface area contributed by atoms with Gasteiger partial charge in [-0.3, -0.25) is 5.10 Å². The van der Waals surface area contributed by atoms with Gasteiger partial charge in [0.05, 0.1) is 6.20 Å². The van der Waals surface area contributed by atoms with Crippen molar-refractivity contribution in [1.29, 1.82) is 0 Å². The molecule has 3 rings (SSSR count). The van der Waals surface area contributed by atoms with Gasteiger partial charge in [-0.1, -0.05) is 24.3 Å². The van der Waals surface area contributed by atoms with Crippen LogP contribution in [-0.4, -0.2) is 35.2 Å². The number of likely N-dealkylation sites (tertiary alicyclic amines) is 1. The van der Waals surface area contributed by atoms with Crippen LogP contribution in [-0.2, 0) is 0 Å². The predicted molar refractivity (Wildman–Crippen MR) is 82.5 cm³/mol. The zero-order valence-corrected chi connectivity index (χ0v) is 12.0. The van der Waals surface area contributed by atoms with Crippen LogP contribution in [0.1, 0.15) is 30.7 Å². The molecule has 1 unspecified atom stereocenters. The number of hydrogen-bond acceptors (Lipinski definition) is 3. The monoisotopic (exact) mass is 270 g/mol. The first-order chi connectivity index (χ1) is 9.74. The topological polar surface area (TPSA) is 57.9 Å². The van der Waals surface area contributed by atoms with Crippen LogP contribution in [0.4, 0.5) is 5.82 Å². The van der Waals surface area contributed by atoms with E-state index < -0.39 is 0 Å². The Balaban J connectivity index is 1.86. The molecule has 20 heavy (non-hydrogen) atoms. The first kappa shape index (κ1) is 13.2. The highest BCUT2D eigenvalue weighted by atomic mass is 15.1. The zero-order valence-electron chi connectivity index (χ0n) is 12.0. The van der Waals surface area contributed by atoms with Crippen molar-refractivity contribution in [2.24, 2.45) is 0 Å². The maximum atomic E-state index is 5.92. The number of rotatable bonds is 2. The van der Waals surface area contributed by atoms with Crippen molar-refractivity contribution in [2.75, 3.05) is 25.9 Å². The minimum atomic E-state index is 0.641. The Bertz CT molecular complexity index is 575. The number of anilines is 1. The fourth-order valence-corrected chi connectivity index (χ4v) is 3.06. The number of H-pyrrole nitrogens is 1. The number of aromatic nitrogens is 2. The minimum absolute atomic E-state index is 0.641. The fraction of sp³-hybridized carbons (Fsp3) is 0.438. The van der Waals surface area contributed by atoms with Crippen molar-refractivity contribution >= 4 is 5.82 Å². The summed E-state index contributed by atoms with van der Waals surface area (Å²) in [6.07, 6.45) is 5.59. The molecule has 2 aromatic rings. The second-order valence-corrected chi connectivity index (χ2v) is 5.75. The highest BCUT2D eigenvalue weighted by Gasteiger charge is 2.17. The molecular formula is C16H22N4. The second-order valence-electron chi connectivity index (χ2n) is 5.75. The van der Waals surface area contributed by atoms with Gasteiger partial charge in [0.2, 0.25) is 0 Å². The normalized spacial score (nSPS) is 20.8. The average Bonchev–Trinajstić information content (AvgIpc) is 2.76. The van der Waals surface area contributed by atoms with Crippen molar-refractivity contribution in [1.82, 2.24) is 15.1 Å². The maximum Gasteiger partial charge on any atom is 0.126 e. The van der Waals surface area contributed by atoms with Gasteiger partial charge in [0.25, 0.3) is 0 Å². The van der Waals surface area contributed by atoms with E-state index in [9.17, 15) is 0 Å². The highest BCUT2D eigenvalue weighted by molar-refractivity contribution is 5.73. The molecule has 0 spiro atoms. The molecule has 3 N–H and O–H groups in total. The number of nitrogen functional groups attached to an aromatic ring is 1. The predicted octanol–water partition coefficient (Wildman–Crippen LogP) is 2.86. The van der Waals surface area contributed by atoms with Crippen LogP contribution in [0.3, 0.4) is 0 Å². The third kappa shape index (κ3) is 2.70. The summed E-state index contributed by atoms with van der Waals surface area (Å²) in [5, 5.41) is 6.81. The van der Waals surface area contributed by atoms with E-state index in [1.54, 1.807) is 6.20 Å². The molecule has 1 aromatic heterocycles. The minimum Gasteiger partial charge on any atom is -0.384 e. The molecule has 1 saturated heterocycles. The van der Waals surface area contributed by atoms with Crippen molar-refractivity contribution in [3.8, 4) is 11.1 Å². The van der Waals surface area contributed by atoms with Crippen LogP contribution in [0, 0.1) is 0 Å². The first-order valence-corrected chi connectivity index (χ1v) is 7.32. The maximum absolute atomic E-state index is 5.92. The van der Waals surface area contributed by atoms with Gasteiger partial charge in [0.15, 0.2) is 0 Å². The Kier molecular flexibility index (Phi) is 3.74. The molecule has 1 fully saturated rings. The van der Waals surface area contributed by atoms with Gasteiger partial charge >= 0.3 is 0 Å². The lowest BCUT2D eigenvalue weighted by Crippen LogP contribution is -2.18. The number of hydrogen-bond donors (Lipinski definition) is 2. The Morgan fingerprint density at radius 2 is 2.20 bits per heavy atom. The van der Waals surface area contributed by atoms with Gasteiger partial charge in [-0.25, -0.2) is 0 Å². The lowest BCUT2D eigenvalue weighted by atomic mass is 9.90. The molecule has 1 aliphatic rings. The van der Waals surface area contributed by atoms with Gasteiger partial charge in [0, 0.05) is 5.56 Å². The second kappa shape index (κ2) is 5.67. The standard InChI is InChI=1S/C16H22N4/c1-20-8-3-6-12(7-9-20)13-4-2-5-14(10-13)15-11-18-19-16(15)17/h2,4-5,10-12H,3,6-9H2,1H3,(H3,17,18,19). The highest BCUT2D eigenvalue weighted by Crippen LogP contribution is 2.31. The van der Waals surface area contributed by atoms with Crippen molar-refractivity contribution in [3.63, 3.8) is 0 Å². The molecule has 1 atom stereocenters. The van der Waals surface area contributed by atoms with E-state index in [1.165, 1.54) is 37.9 Å². The molecule has 106 valence electrons. The Labute approximate surface area is 120 Å². The van der Waals surface area contributed by atoms with Gasteiger partial charge in [-0.2, -0.15) is 5.10 Å². The summed E-state index contributed by atoms with van der Waals surface area (Å²) >= 11 is 0. The summed E-state index contributed by atoms with van der Waals surface area (Å²) in [7, 11) is 2.21. The zero-order chi connectivity index (χ0) is 13.9. The summed E-state index contributed by atoms with van der Waals surface area (Å²) in [6.45, 7) is 2.40. The van der Waals surface area contributed by atoms with Gasteiger partial charge in [-0.05, 0) is 56.4 Å². The Hall–Kier alpha value is -1.81. The summed E-state index contributed by atoms with van der Waals surface area (Å²) in [4.78, 5) is 2.43. The summed E-state index contributed by atoms with van der Waals surface area (Å²) in [6, 6.07) is 8.76. The van der Waals surface area contributed by atoms with E-state index in [-0.39, 0.29) is 0 Å². The van der Waals surface area contributed by atoms with Gasteiger partial charge in [0.1, 0.15) is 5.82 Å². The molecule has 4 heteroatoms. The van der Waals surface area contributed by atoms with E-state index in [4.69, 9.17) is 5.73 Å². The van der Waals surface area contributed by atoms with E-state index in [0.29, 0.717) is 11.7 Å². The smallest absolute Gasteiger partial charge is 0.126 e. The van der Waals surface area contributed by atoms with Crippen molar-refractivity contribution in [2.45, 2.75) is 25.2 Å². The lowest BCUT2D eigenvalue weighted by molar-refractivity contribution is 0.347. The Morgan fingerprint density at radius 3 is 3.00 bits per heavy atom. The van der Waals surface area contributed by atoms with E-state index in [2.05, 4.69) is 46.4 Å². The molecule has 0 saturated carbocycles. The molecule has 2 heterocycles.